The number of nitrogens with zero attached hydrogens (tertiary/aromatic N) is 2. The highest BCUT2D eigenvalue weighted by molar-refractivity contribution is 5.91. The van der Waals surface area contributed by atoms with Crippen LogP contribution in [0.3, 0.4) is 0 Å². The summed E-state index contributed by atoms with van der Waals surface area (Å²) < 4.78 is 5.23. The molecule has 0 heterocycles. The van der Waals surface area contributed by atoms with Crippen LogP contribution >= 0.6 is 0 Å². The Hall–Kier alpha value is -3.61. The van der Waals surface area contributed by atoms with Crippen LogP contribution in [0, 0.1) is 17.2 Å². The van der Waals surface area contributed by atoms with Crippen LogP contribution in [0.5, 0.6) is 0 Å². The molecule has 0 aliphatic rings. The highest BCUT2D eigenvalue weighted by atomic mass is 16.5. The lowest BCUT2D eigenvalue weighted by Crippen LogP contribution is -2.58. The van der Waals surface area contributed by atoms with Crippen molar-refractivity contribution in [3.05, 3.63) is 52.8 Å². The van der Waals surface area contributed by atoms with Crippen molar-refractivity contribution in [2.24, 2.45) is 11.8 Å². The summed E-state index contributed by atoms with van der Waals surface area (Å²) in [6.07, 6.45) is 2.11. The van der Waals surface area contributed by atoms with Gasteiger partial charge in [0.05, 0.1) is 6.04 Å². The van der Waals surface area contributed by atoms with Crippen molar-refractivity contribution in [3.63, 3.8) is 0 Å². The number of hydrogen-bond acceptors (Lipinski definition) is 6. The highest BCUT2D eigenvalue weighted by Gasteiger charge is 2.32. The van der Waals surface area contributed by atoms with Gasteiger partial charge in [0.15, 0.2) is 4.98 Å². The number of diazo groups is 1. The Kier molecular flexibility index (Phi) is 12.9. The third kappa shape index (κ3) is 10.5. The molecule has 0 saturated carbocycles. The van der Waals surface area contributed by atoms with Gasteiger partial charge in [0.2, 0.25) is 23.0 Å². The lowest BCUT2D eigenvalue weighted by Gasteiger charge is -2.28. The van der Waals surface area contributed by atoms with Crippen molar-refractivity contribution in [3.8, 4) is 0 Å². The molecular formula is C25H38N5O5+. The first-order valence-electron chi connectivity index (χ1n) is 11.9. The van der Waals surface area contributed by atoms with Gasteiger partial charge in [-0.3, -0.25) is 9.59 Å². The van der Waals surface area contributed by atoms with E-state index in [4.69, 9.17) is 10.1 Å². The van der Waals surface area contributed by atoms with Crippen LogP contribution in [0.25, 0.3) is 4.98 Å². The summed E-state index contributed by atoms with van der Waals surface area (Å²) in [6.45, 7) is 9.12. The summed E-state index contributed by atoms with van der Waals surface area (Å²) in [6, 6.07) is 6.55. The second-order valence-corrected chi connectivity index (χ2v) is 9.03. The predicted octanol–water partition coefficient (Wildman–Crippen LogP) is 4.01. The first kappa shape index (κ1) is 29.4. The highest BCUT2D eigenvalue weighted by Crippen LogP contribution is 2.12. The molecule has 10 nitrogen and oxygen atoms in total. The second kappa shape index (κ2) is 15.3. The molecule has 0 aliphatic heterocycles. The molecule has 0 fully saturated rings. The molecule has 35 heavy (non-hydrogen) atoms. The summed E-state index contributed by atoms with van der Waals surface area (Å²) in [5.41, 5.74) is 0.814. The molecule has 0 spiro atoms. The lowest BCUT2D eigenvalue weighted by atomic mass is 9.99. The van der Waals surface area contributed by atoms with E-state index in [2.05, 4.69) is 20.9 Å². The van der Waals surface area contributed by atoms with Gasteiger partial charge in [-0.25, -0.2) is 4.79 Å². The molecule has 1 aromatic carbocycles. The zero-order chi connectivity index (χ0) is 26.4. The Bertz CT molecular complexity index is 895. The van der Waals surface area contributed by atoms with E-state index in [9.17, 15) is 19.5 Å². The normalized spacial score (nSPS) is 13.9. The number of carbonyl (C=O) groups is 3. The zero-order valence-electron chi connectivity index (χ0n) is 21.2. The van der Waals surface area contributed by atoms with Gasteiger partial charge in [-0.1, -0.05) is 77.8 Å². The van der Waals surface area contributed by atoms with Crippen LogP contribution in [0.1, 0.15) is 59.4 Å². The topological polar surface area (TPSA) is 145 Å². The second-order valence-electron chi connectivity index (χ2n) is 9.03. The molecule has 1 aromatic rings. The summed E-state index contributed by atoms with van der Waals surface area (Å²) in [4.78, 5) is 41.2. The summed E-state index contributed by atoms with van der Waals surface area (Å²) in [7, 11) is 0. The number of nitrogens with one attached hydrogen (secondary N) is 3. The minimum Gasteiger partial charge on any atom is -0.504 e. The first-order chi connectivity index (χ1) is 16.6. The third-order valence-corrected chi connectivity index (χ3v) is 5.39. The smallest absolute Gasteiger partial charge is 0.408 e. The molecule has 0 aliphatic carbocycles. The van der Waals surface area contributed by atoms with Crippen molar-refractivity contribution in [1.82, 2.24) is 16.0 Å². The Morgan fingerprint density at radius 1 is 1.00 bits per heavy atom. The lowest BCUT2D eigenvalue weighted by molar-refractivity contribution is -0.132. The minimum absolute atomic E-state index is 0.0619. The van der Waals surface area contributed by atoms with Gasteiger partial charge in [0.25, 0.3) is 0 Å². The number of rotatable bonds is 13. The zero-order valence-corrected chi connectivity index (χ0v) is 21.2. The number of unbranched alkanes of at least 4 members (excludes halogenated alkanes) is 1. The average molecular weight is 489 g/mol. The van der Waals surface area contributed by atoms with E-state index in [0.717, 1.165) is 24.6 Å². The van der Waals surface area contributed by atoms with Crippen molar-refractivity contribution in [1.29, 1.82) is 5.39 Å². The van der Waals surface area contributed by atoms with Crippen LogP contribution in [-0.2, 0) is 20.9 Å². The average Bonchev–Trinajstić information content (AvgIpc) is 2.82. The van der Waals surface area contributed by atoms with Gasteiger partial charge in [-0.15, -0.1) is 0 Å². The molecule has 0 aromatic heterocycles. The van der Waals surface area contributed by atoms with Gasteiger partial charge < -0.3 is 25.8 Å². The fourth-order valence-electron chi connectivity index (χ4n) is 3.32. The number of amides is 3. The molecule has 0 radical (unpaired) electrons. The monoisotopic (exact) mass is 488 g/mol. The summed E-state index contributed by atoms with van der Waals surface area (Å²) >= 11 is 0. The van der Waals surface area contributed by atoms with Crippen LogP contribution in [-0.4, -0.2) is 41.1 Å². The molecule has 10 heteroatoms. The number of ether oxygens (including phenoxy) is 1. The Balaban J connectivity index is 2.86. The van der Waals surface area contributed by atoms with Gasteiger partial charge >= 0.3 is 12.3 Å². The van der Waals surface area contributed by atoms with E-state index in [-0.39, 0.29) is 24.2 Å². The third-order valence-electron chi connectivity index (χ3n) is 5.39. The number of aliphatic hydroxyl groups is 1. The molecule has 1 rings (SSSR count). The maximum absolute atomic E-state index is 13.0. The maximum atomic E-state index is 13.0. The number of aliphatic hydroxyl groups excluding tert-OH is 1. The Morgan fingerprint density at radius 2 is 1.57 bits per heavy atom. The number of hydrogen-bond donors (Lipinski definition) is 4. The van der Waals surface area contributed by atoms with E-state index < -0.39 is 36.0 Å². The predicted molar refractivity (Wildman–Crippen MR) is 132 cm³/mol. The van der Waals surface area contributed by atoms with Gasteiger partial charge in [-0.05, 0) is 23.8 Å². The Labute approximate surface area is 207 Å². The van der Waals surface area contributed by atoms with E-state index in [1.165, 1.54) is 0 Å². The molecule has 0 saturated heterocycles. The van der Waals surface area contributed by atoms with Crippen LogP contribution in [0.4, 0.5) is 4.79 Å². The SMILES string of the molecule is CCCC[C@H](NC(=O)[C@@H](NC(=O)[C@@H](NC(=O)OCc1ccccc1)C(C)C)C(C)C)/C(O)=C\[N+]#N. The van der Waals surface area contributed by atoms with Crippen molar-refractivity contribution >= 4 is 17.9 Å². The number of carbonyl (C=O) groups excluding carboxylic acids is 3. The summed E-state index contributed by atoms with van der Waals surface area (Å²) in [5, 5.41) is 26.9. The molecule has 3 amide bonds. The molecular weight excluding hydrogens is 450 g/mol. The Morgan fingerprint density at radius 3 is 2.11 bits per heavy atom. The fraction of sp³-hybridized carbons (Fsp3) is 0.560. The fourth-order valence-corrected chi connectivity index (χ4v) is 3.32. The van der Waals surface area contributed by atoms with Crippen molar-refractivity contribution < 1.29 is 24.2 Å². The summed E-state index contributed by atoms with van der Waals surface area (Å²) in [5.74, 6) is -1.86. The standard InChI is InChI=1S/C25H37N5O5/c1-6-7-13-19(20(31)14-27-26)28-23(32)21(16(2)3)29-24(33)22(17(4)5)30-25(34)35-15-18-11-9-8-10-12-18/h8-12,14,16-17,19,21-22H,6-7,13,15H2,1-5H3,(H3-,28,29,30,31,32,33,34)/p+1/b20-14+/t19-,21-,22-/m0/s1. The largest absolute Gasteiger partial charge is 0.504 e. The maximum Gasteiger partial charge on any atom is 0.408 e. The minimum atomic E-state index is -0.926. The van der Waals surface area contributed by atoms with E-state index >= 15 is 0 Å². The van der Waals surface area contributed by atoms with E-state index in [1.807, 2.05) is 37.3 Å². The van der Waals surface area contributed by atoms with Crippen molar-refractivity contribution in [2.75, 3.05) is 0 Å². The molecule has 4 N–H and O–H groups in total. The van der Waals surface area contributed by atoms with E-state index in [0.29, 0.717) is 6.42 Å². The van der Waals surface area contributed by atoms with Crippen LogP contribution in [0.15, 0.2) is 42.3 Å². The quantitative estimate of drug-likeness (QED) is 0.244. The first-order valence-corrected chi connectivity index (χ1v) is 11.9. The van der Waals surface area contributed by atoms with Gasteiger partial charge in [-0.2, -0.15) is 0 Å². The molecule has 3 atom stereocenters. The van der Waals surface area contributed by atoms with E-state index in [1.54, 1.807) is 27.7 Å². The van der Waals surface area contributed by atoms with Gasteiger partial charge in [0, 0.05) is 0 Å². The number of benzene rings is 1. The molecule has 0 bridgehead atoms. The number of alkyl carbamates (subject to hydrolysis) is 1. The molecule has 192 valence electrons. The molecule has 0 unspecified atom stereocenters. The van der Waals surface area contributed by atoms with Gasteiger partial charge in [0.1, 0.15) is 18.7 Å². The van der Waals surface area contributed by atoms with Crippen LogP contribution < -0.4 is 16.0 Å². The van der Waals surface area contributed by atoms with Crippen molar-refractivity contribution in [2.45, 2.75) is 78.6 Å². The van der Waals surface area contributed by atoms with Crippen LogP contribution in [0.2, 0.25) is 0 Å².